The summed E-state index contributed by atoms with van der Waals surface area (Å²) < 4.78 is 27.5. The van der Waals surface area contributed by atoms with Crippen molar-refractivity contribution < 1.29 is 43.2 Å². The molecule has 0 aromatic rings. The number of aliphatic hydroxyl groups excluding tert-OH is 2. The summed E-state index contributed by atoms with van der Waals surface area (Å²) >= 11 is 0. The van der Waals surface area contributed by atoms with Gasteiger partial charge in [0.15, 0.2) is 0 Å². The molecule has 6 atom stereocenters. The summed E-state index contributed by atoms with van der Waals surface area (Å²) in [4.78, 5) is 23.8. The van der Waals surface area contributed by atoms with Crippen molar-refractivity contribution in [3.05, 3.63) is 0 Å². The Morgan fingerprint density at radius 3 is 2.60 bits per heavy atom. The molecule has 0 bridgehead atoms. The minimum absolute atomic E-state index is 0.204. The van der Waals surface area contributed by atoms with E-state index in [-0.39, 0.29) is 18.9 Å². The Bertz CT molecular complexity index is 552. The summed E-state index contributed by atoms with van der Waals surface area (Å²) in [6.07, 6.45) is -3.92. The number of nitrogens with one attached hydrogen (secondary N) is 1. The van der Waals surface area contributed by atoms with Gasteiger partial charge in [-0.3, -0.25) is 4.79 Å². The molecule has 3 N–H and O–H groups in total. The highest BCUT2D eigenvalue weighted by atomic mass is 16.8. The zero-order valence-corrected chi connectivity index (χ0v) is 14.2. The first-order valence-corrected chi connectivity index (χ1v) is 8.19. The Morgan fingerprint density at radius 1 is 1.32 bits per heavy atom. The number of aliphatic hydroxyl groups is 2. The van der Waals surface area contributed by atoms with Crippen LogP contribution in [0.15, 0.2) is 0 Å². The SMILES string of the molecule is CB1O[C@H](CO)[C@H](C2O[C@@]3(C[C@@H](O)[C@H]2NC(C)=O)OB(C)OC3=O)O1. The van der Waals surface area contributed by atoms with E-state index in [0.29, 0.717) is 0 Å². The van der Waals surface area contributed by atoms with Crippen LogP contribution in [0.1, 0.15) is 13.3 Å². The summed E-state index contributed by atoms with van der Waals surface area (Å²) in [6.45, 7) is 4.12. The number of amides is 1. The zero-order chi connectivity index (χ0) is 18.4. The smallest absolute Gasteiger partial charge is 0.506 e. The fraction of sp³-hybridized carbons (Fsp3) is 0.846. The van der Waals surface area contributed by atoms with Gasteiger partial charge >= 0.3 is 20.2 Å². The summed E-state index contributed by atoms with van der Waals surface area (Å²) in [5.74, 6) is -2.92. The van der Waals surface area contributed by atoms with Gasteiger partial charge in [-0.15, -0.1) is 0 Å². The van der Waals surface area contributed by atoms with Gasteiger partial charge in [0.1, 0.15) is 6.10 Å². The topological polar surface area (TPSA) is 133 Å². The average molecular weight is 357 g/mol. The lowest BCUT2D eigenvalue weighted by Crippen LogP contribution is -2.66. The number of ether oxygens (including phenoxy) is 1. The second kappa shape index (κ2) is 6.86. The van der Waals surface area contributed by atoms with Crippen molar-refractivity contribution in [2.45, 2.75) is 63.2 Å². The molecular formula is C13H21B2NO9. The molecule has 1 unspecified atom stereocenters. The van der Waals surface area contributed by atoms with Gasteiger partial charge in [0.25, 0.3) is 5.79 Å². The first-order chi connectivity index (χ1) is 11.8. The van der Waals surface area contributed by atoms with Crippen LogP contribution in [0.25, 0.3) is 0 Å². The first kappa shape index (κ1) is 18.6. The highest BCUT2D eigenvalue weighted by Gasteiger charge is 2.62. The maximum Gasteiger partial charge on any atom is 0.526 e. The predicted octanol–water partition coefficient (Wildman–Crippen LogP) is -2.08. The summed E-state index contributed by atoms with van der Waals surface area (Å²) in [7, 11) is -1.44. The van der Waals surface area contributed by atoms with E-state index in [2.05, 4.69) is 5.32 Å². The number of rotatable bonds is 3. The van der Waals surface area contributed by atoms with Crippen molar-refractivity contribution in [2.24, 2.45) is 0 Å². The maximum atomic E-state index is 12.2. The van der Waals surface area contributed by atoms with Gasteiger partial charge < -0.3 is 38.9 Å². The van der Waals surface area contributed by atoms with Crippen LogP contribution in [-0.4, -0.2) is 79.2 Å². The Morgan fingerprint density at radius 2 is 2.04 bits per heavy atom. The summed E-state index contributed by atoms with van der Waals surface area (Å²) in [5, 5.41) is 22.7. The number of hydrogen-bond donors (Lipinski definition) is 3. The molecule has 3 aliphatic heterocycles. The minimum Gasteiger partial charge on any atom is -0.506 e. The van der Waals surface area contributed by atoms with Crippen LogP contribution in [0, 0.1) is 0 Å². The molecule has 25 heavy (non-hydrogen) atoms. The molecule has 12 heteroatoms. The largest absolute Gasteiger partial charge is 0.526 e. The third kappa shape index (κ3) is 3.42. The van der Waals surface area contributed by atoms with Crippen LogP contribution in [-0.2, 0) is 32.9 Å². The van der Waals surface area contributed by atoms with Crippen LogP contribution < -0.4 is 5.32 Å². The van der Waals surface area contributed by atoms with E-state index < -0.39 is 56.5 Å². The van der Waals surface area contributed by atoms with E-state index >= 15 is 0 Å². The molecule has 3 saturated heterocycles. The van der Waals surface area contributed by atoms with Gasteiger partial charge in [-0.25, -0.2) is 4.79 Å². The molecule has 10 nitrogen and oxygen atoms in total. The molecule has 1 amide bonds. The average Bonchev–Trinajstić information content (AvgIpc) is 3.01. The lowest BCUT2D eigenvalue weighted by molar-refractivity contribution is -0.266. The van der Waals surface area contributed by atoms with Crippen LogP contribution in [0.5, 0.6) is 0 Å². The van der Waals surface area contributed by atoms with Crippen molar-refractivity contribution in [3.8, 4) is 0 Å². The fourth-order valence-electron chi connectivity index (χ4n) is 3.54. The fourth-order valence-corrected chi connectivity index (χ4v) is 3.54. The molecule has 0 aliphatic carbocycles. The number of hydrogen-bond acceptors (Lipinski definition) is 9. The monoisotopic (exact) mass is 357 g/mol. The number of carbonyl (C=O) groups excluding carboxylic acids is 2. The van der Waals surface area contributed by atoms with Gasteiger partial charge in [0, 0.05) is 13.3 Å². The van der Waals surface area contributed by atoms with Gasteiger partial charge in [0.05, 0.1) is 31.0 Å². The standard InChI is InChI=1S/C13H21B2NO9/c1-6(18)16-9-7(19)4-13(12(20)24-15(3)25-13)21-11(9)10-8(5-17)22-14(2)23-10/h7-11,17,19H,4-5H2,1-3H3,(H,16,18)/t7-,8-,9-,10-,11?,13+/m1/s1. The molecule has 0 aromatic carbocycles. The quantitative estimate of drug-likeness (QED) is 0.487. The van der Waals surface area contributed by atoms with E-state index in [0.717, 1.165) is 0 Å². The van der Waals surface area contributed by atoms with Crippen molar-refractivity contribution >= 4 is 26.1 Å². The summed E-state index contributed by atoms with van der Waals surface area (Å²) in [5.41, 5.74) is 0. The molecule has 0 saturated carbocycles. The van der Waals surface area contributed by atoms with Crippen molar-refractivity contribution in [1.82, 2.24) is 5.32 Å². The maximum absolute atomic E-state index is 12.2. The van der Waals surface area contributed by atoms with E-state index in [1.54, 1.807) is 6.82 Å². The van der Waals surface area contributed by atoms with E-state index in [9.17, 15) is 19.8 Å². The van der Waals surface area contributed by atoms with Crippen LogP contribution in [0.3, 0.4) is 0 Å². The number of carbonyl (C=O) groups is 2. The van der Waals surface area contributed by atoms with Crippen LogP contribution in [0.2, 0.25) is 13.6 Å². The molecule has 3 fully saturated rings. The lowest BCUT2D eigenvalue weighted by Gasteiger charge is -2.45. The molecule has 0 aromatic heterocycles. The normalized spacial score (nSPS) is 41.3. The van der Waals surface area contributed by atoms with E-state index in [1.807, 2.05) is 0 Å². The Kier molecular flexibility index (Phi) is 5.11. The van der Waals surface area contributed by atoms with Gasteiger partial charge in [-0.05, 0) is 13.6 Å². The molecule has 3 aliphatic rings. The highest BCUT2D eigenvalue weighted by molar-refractivity contribution is 6.47. The third-order valence-corrected chi connectivity index (χ3v) is 4.47. The molecule has 3 heterocycles. The Labute approximate surface area is 145 Å². The zero-order valence-electron chi connectivity index (χ0n) is 14.2. The van der Waals surface area contributed by atoms with E-state index in [4.69, 9.17) is 23.4 Å². The van der Waals surface area contributed by atoms with Gasteiger partial charge in [-0.1, -0.05) is 0 Å². The Balaban J connectivity index is 1.91. The first-order valence-electron chi connectivity index (χ1n) is 8.19. The van der Waals surface area contributed by atoms with Gasteiger partial charge in [-0.2, -0.15) is 0 Å². The van der Waals surface area contributed by atoms with Crippen molar-refractivity contribution in [3.63, 3.8) is 0 Å². The predicted molar refractivity (Wildman–Crippen MR) is 83.1 cm³/mol. The van der Waals surface area contributed by atoms with E-state index in [1.165, 1.54) is 13.7 Å². The molecule has 138 valence electrons. The van der Waals surface area contributed by atoms with Crippen LogP contribution in [0.4, 0.5) is 0 Å². The Hall–Kier alpha value is -1.17. The second-order valence-electron chi connectivity index (χ2n) is 6.45. The third-order valence-electron chi connectivity index (χ3n) is 4.47. The van der Waals surface area contributed by atoms with Crippen molar-refractivity contribution in [1.29, 1.82) is 0 Å². The second-order valence-corrected chi connectivity index (χ2v) is 6.45. The molecular weight excluding hydrogens is 336 g/mol. The molecule has 0 radical (unpaired) electrons. The minimum atomic E-state index is -1.78. The highest BCUT2D eigenvalue weighted by Crippen LogP contribution is 2.39. The lowest BCUT2D eigenvalue weighted by atomic mass is 9.88. The molecule has 1 spiro atoms. The van der Waals surface area contributed by atoms with Gasteiger partial charge in [0.2, 0.25) is 5.91 Å². The summed E-state index contributed by atoms with van der Waals surface area (Å²) in [6, 6.07) is -0.872. The van der Waals surface area contributed by atoms with Crippen LogP contribution >= 0.6 is 0 Å². The molecule has 3 rings (SSSR count). The van der Waals surface area contributed by atoms with Crippen molar-refractivity contribution in [2.75, 3.05) is 6.61 Å².